The molecule has 126 valence electrons. The van der Waals surface area contributed by atoms with Gasteiger partial charge in [0.2, 0.25) is 5.12 Å². The highest BCUT2D eigenvalue weighted by atomic mass is 32.2. The van der Waals surface area contributed by atoms with E-state index in [2.05, 4.69) is 23.7 Å². The predicted octanol–water partition coefficient (Wildman–Crippen LogP) is 5.16. The molecule has 0 saturated carbocycles. The van der Waals surface area contributed by atoms with E-state index in [9.17, 15) is 4.79 Å². The van der Waals surface area contributed by atoms with Gasteiger partial charge in [-0.15, -0.1) is 0 Å². The number of hydrogen-bond acceptors (Lipinski definition) is 5. The largest absolute Gasteiger partial charge is 0.490 e. The first kappa shape index (κ1) is 17.6. The molecule has 2 aromatic carbocycles. The van der Waals surface area contributed by atoms with Crippen LogP contribution >= 0.6 is 23.5 Å². The van der Waals surface area contributed by atoms with Crippen molar-refractivity contribution in [2.75, 3.05) is 6.61 Å². The van der Waals surface area contributed by atoms with Gasteiger partial charge in [0, 0.05) is 5.75 Å². The van der Waals surface area contributed by atoms with Crippen molar-refractivity contribution in [3.8, 4) is 5.75 Å². The Hall–Kier alpha value is -2.24. The lowest BCUT2D eigenvalue weighted by Crippen LogP contribution is -1.93. The molecule has 0 amide bonds. The quantitative estimate of drug-likeness (QED) is 0.522. The fourth-order valence-corrected chi connectivity index (χ4v) is 3.97. The summed E-state index contributed by atoms with van der Waals surface area (Å²) in [4.78, 5) is 16.6. The maximum atomic E-state index is 12.2. The van der Waals surface area contributed by atoms with Gasteiger partial charge in [-0.05, 0) is 41.1 Å². The van der Waals surface area contributed by atoms with Gasteiger partial charge in [-0.25, -0.2) is 4.99 Å². The SMILES string of the molecule is C=CCOc1cccc(/C=C2\N=C(SCc3ccccc3)SC2=O)c1. The lowest BCUT2D eigenvalue weighted by molar-refractivity contribution is -0.107. The van der Waals surface area contributed by atoms with Crippen LogP contribution in [0.15, 0.2) is 77.9 Å². The standard InChI is InChI=1S/C20H17NO2S2/c1-2-11-23-17-10-6-9-16(12-17)13-18-19(22)25-20(21-18)24-14-15-7-4-3-5-8-15/h2-10,12-13H,1,11,14H2/b18-13-. The number of nitrogens with zero attached hydrogens (tertiary/aromatic N) is 1. The van der Waals surface area contributed by atoms with Crippen LogP contribution in [-0.4, -0.2) is 16.1 Å². The average molecular weight is 367 g/mol. The van der Waals surface area contributed by atoms with Gasteiger partial charge in [-0.3, -0.25) is 4.79 Å². The summed E-state index contributed by atoms with van der Waals surface area (Å²) < 4.78 is 6.31. The summed E-state index contributed by atoms with van der Waals surface area (Å²) in [6, 6.07) is 17.7. The van der Waals surface area contributed by atoms with Crippen molar-refractivity contribution in [3.05, 3.63) is 84.1 Å². The number of ether oxygens (including phenoxy) is 1. The smallest absolute Gasteiger partial charge is 0.244 e. The van der Waals surface area contributed by atoms with E-state index in [1.54, 1.807) is 23.9 Å². The van der Waals surface area contributed by atoms with E-state index < -0.39 is 0 Å². The molecule has 1 aliphatic heterocycles. The summed E-state index contributed by atoms with van der Waals surface area (Å²) in [6.07, 6.45) is 3.50. The summed E-state index contributed by atoms with van der Waals surface area (Å²) in [5, 5.41) is -0.0204. The summed E-state index contributed by atoms with van der Waals surface area (Å²) in [7, 11) is 0. The van der Waals surface area contributed by atoms with Gasteiger partial charge >= 0.3 is 0 Å². The minimum Gasteiger partial charge on any atom is -0.490 e. The molecule has 1 aliphatic rings. The Morgan fingerprint density at radius 2 is 2.00 bits per heavy atom. The molecule has 0 N–H and O–H groups in total. The van der Waals surface area contributed by atoms with Gasteiger partial charge in [0.15, 0.2) is 0 Å². The fourth-order valence-electron chi connectivity index (χ4n) is 2.18. The van der Waals surface area contributed by atoms with Crippen LogP contribution in [0.4, 0.5) is 0 Å². The number of carbonyl (C=O) groups is 1. The van der Waals surface area contributed by atoms with Gasteiger partial charge in [-0.2, -0.15) is 0 Å². The first-order chi connectivity index (χ1) is 12.2. The highest BCUT2D eigenvalue weighted by Gasteiger charge is 2.22. The third-order valence-corrected chi connectivity index (χ3v) is 5.42. The lowest BCUT2D eigenvalue weighted by Gasteiger charge is -2.03. The van der Waals surface area contributed by atoms with Crippen LogP contribution in [0.1, 0.15) is 11.1 Å². The number of benzene rings is 2. The predicted molar refractivity (Wildman–Crippen MR) is 108 cm³/mol. The number of rotatable bonds is 6. The Bertz CT molecular complexity index is 829. The van der Waals surface area contributed by atoms with E-state index in [-0.39, 0.29) is 5.12 Å². The van der Waals surface area contributed by atoms with E-state index in [1.165, 1.54) is 17.3 Å². The second-order valence-electron chi connectivity index (χ2n) is 5.24. The van der Waals surface area contributed by atoms with E-state index in [4.69, 9.17) is 4.74 Å². The Morgan fingerprint density at radius 1 is 1.16 bits per heavy atom. The van der Waals surface area contributed by atoms with Gasteiger partial charge in [0.05, 0.1) is 0 Å². The van der Waals surface area contributed by atoms with Crippen molar-refractivity contribution in [1.29, 1.82) is 0 Å². The Kier molecular flexibility index (Phi) is 6.14. The zero-order valence-corrected chi connectivity index (χ0v) is 15.2. The maximum absolute atomic E-state index is 12.2. The second-order valence-corrected chi connectivity index (χ2v) is 7.43. The van der Waals surface area contributed by atoms with Gasteiger partial charge < -0.3 is 4.74 Å². The average Bonchev–Trinajstić information content (AvgIpc) is 2.99. The molecular formula is C20H17NO2S2. The molecule has 1 heterocycles. The van der Waals surface area contributed by atoms with E-state index in [0.717, 1.165) is 21.4 Å². The van der Waals surface area contributed by atoms with Crippen molar-refractivity contribution in [2.24, 2.45) is 4.99 Å². The zero-order valence-electron chi connectivity index (χ0n) is 13.6. The summed E-state index contributed by atoms with van der Waals surface area (Å²) >= 11 is 2.78. The fraction of sp³-hybridized carbons (Fsp3) is 0.100. The Morgan fingerprint density at radius 3 is 2.80 bits per heavy atom. The molecular weight excluding hydrogens is 350 g/mol. The van der Waals surface area contributed by atoms with Crippen LogP contribution in [-0.2, 0) is 10.5 Å². The summed E-state index contributed by atoms with van der Waals surface area (Å²) in [6.45, 7) is 4.09. The molecule has 0 unspecified atom stereocenters. The molecule has 3 rings (SSSR count). The molecule has 0 bridgehead atoms. The van der Waals surface area contributed by atoms with Crippen LogP contribution in [0, 0.1) is 0 Å². The van der Waals surface area contributed by atoms with Crippen molar-refractivity contribution in [1.82, 2.24) is 0 Å². The number of thioether (sulfide) groups is 2. The van der Waals surface area contributed by atoms with Crippen LogP contribution in [0.25, 0.3) is 6.08 Å². The van der Waals surface area contributed by atoms with Crippen molar-refractivity contribution < 1.29 is 9.53 Å². The molecule has 0 aromatic heterocycles. The summed E-state index contributed by atoms with van der Waals surface area (Å²) in [5.74, 6) is 1.55. The number of carbonyl (C=O) groups excluding carboxylic acids is 1. The molecule has 2 aromatic rings. The van der Waals surface area contributed by atoms with Crippen molar-refractivity contribution in [2.45, 2.75) is 5.75 Å². The topological polar surface area (TPSA) is 38.7 Å². The van der Waals surface area contributed by atoms with Gasteiger partial charge in [0.1, 0.15) is 22.4 Å². The van der Waals surface area contributed by atoms with Crippen LogP contribution in [0.5, 0.6) is 5.75 Å². The first-order valence-electron chi connectivity index (χ1n) is 7.77. The molecule has 0 radical (unpaired) electrons. The molecule has 25 heavy (non-hydrogen) atoms. The summed E-state index contributed by atoms with van der Waals surface area (Å²) in [5.41, 5.74) is 2.58. The molecule has 5 heteroatoms. The second kappa shape index (κ2) is 8.74. The molecule has 0 atom stereocenters. The van der Waals surface area contributed by atoms with Crippen LogP contribution in [0.2, 0.25) is 0 Å². The Labute approximate surface area is 155 Å². The van der Waals surface area contributed by atoms with Gasteiger partial charge in [-0.1, -0.05) is 66.9 Å². The third kappa shape index (κ3) is 5.11. The van der Waals surface area contributed by atoms with Gasteiger partial charge in [0.25, 0.3) is 0 Å². The Balaban J connectivity index is 1.69. The lowest BCUT2D eigenvalue weighted by atomic mass is 10.2. The van der Waals surface area contributed by atoms with E-state index in [1.807, 2.05) is 42.5 Å². The molecule has 0 spiro atoms. The van der Waals surface area contributed by atoms with Crippen LogP contribution in [0.3, 0.4) is 0 Å². The minimum absolute atomic E-state index is 0.0204. The van der Waals surface area contributed by atoms with Crippen LogP contribution < -0.4 is 4.74 Å². The monoisotopic (exact) mass is 367 g/mol. The highest BCUT2D eigenvalue weighted by molar-refractivity contribution is 8.45. The molecule has 3 nitrogen and oxygen atoms in total. The normalized spacial score (nSPS) is 15.3. The van der Waals surface area contributed by atoms with E-state index in [0.29, 0.717) is 12.3 Å². The van der Waals surface area contributed by atoms with Crippen molar-refractivity contribution >= 4 is 39.1 Å². The molecule has 0 fully saturated rings. The highest BCUT2D eigenvalue weighted by Crippen LogP contribution is 2.32. The minimum atomic E-state index is -0.0204. The van der Waals surface area contributed by atoms with E-state index >= 15 is 0 Å². The number of hydrogen-bond donors (Lipinski definition) is 0. The maximum Gasteiger partial charge on any atom is 0.244 e. The first-order valence-corrected chi connectivity index (χ1v) is 9.58. The third-order valence-electron chi connectivity index (χ3n) is 3.34. The molecule has 0 saturated heterocycles. The number of aliphatic imine (C=N–C) groups is 1. The molecule has 0 aliphatic carbocycles. The van der Waals surface area contributed by atoms with Crippen molar-refractivity contribution in [3.63, 3.8) is 0 Å². The zero-order chi connectivity index (χ0) is 17.5.